The van der Waals surface area contributed by atoms with Crippen molar-refractivity contribution in [3.63, 3.8) is 0 Å². The summed E-state index contributed by atoms with van der Waals surface area (Å²) in [7, 11) is 0. The number of hydrogen-bond donors (Lipinski definition) is 0. The van der Waals surface area contributed by atoms with E-state index in [0.29, 0.717) is 26.1 Å². The Labute approximate surface area is 340 Å². The Kier molecular flexibility index (Phi) is 52.9. The summed E-state index contributed by atoms with van der Waals surface area (Å²) in [5.41, 5.74) is 0. The Hall–Kier alpha value is -1.06. The summed E-state index contributed by atoms with van der Waals surface area (Å²) in [5, 5.41) is 0. The fourth-order valence-electron chi connectivity index (χ4n) is 7.21. The first-order valence-corrected chi connectivity index (χ1v) is 24.9. The minimum absolute atomic E-state index is 0.00654. The maximum absolute atomic E-state index is 11.5. The number of esters is 2. The lowest BCUT2D eigenvalue weighted by atomic mass is 10.0. The second-order valence-electron chi connectivity index (χ2n) is 16.7. The Balaban J connectivity index is 0. The van der Waals surface area contributed by atoms with E-state index in [4.69, 9.17) is 9.47 Å². The Morgan fingerprint density at radius 3 is 0.611 bits per heavy atom. The van der Waals surface area contributed by atoms with Crippen molar-refractivity contribution in [3.05, 3.63) is 0 Å². The first-order chi connectivity index (χ1) is 26.6. The number of ether oxygens (including phenoxy) is 2. The molecule has 0 aliphatic carbocycles. The summed E-state index contributed by atoms with van der Waals surface area (Å²) in [6, 6.07) is 0. The van der Waals surface area contributed by atoms with E-state index >= 15 is 0 Å². The molecule has 0 aromatic rings. The van der Waals surface area contributed by atoms with Gasteiger partial charge in [0.25, 0.3) is 0 Å². The van der Waals surface area contributed by atoms with Crippen molar-refractivity contribution in [2.45, 2.75) is 297 Å². The maximum atomic E-state index is 11.5. The fraction of sp³-hybridized carbons (Fsp3) is 0.960. The van der Waals surface area contributed by atoms with Crippen LogP contribution in [-0.2, 0) is 19.1 Å². The molecule has 0 aliphatic rings. The molecule has 0 unspecified atom stereocenters. The topological polar surface area (TPSA) is 52.6 Å². The van der Waals surface area contributed by atoms with Crippen molar-refractivity contribution < 1.29 is 19.1 Å². The van der Waals surface area contributed by atoms with E-state index in [0.717, 1.165) is 38.5 Å². The number of unbranched alkanes of at least 4 members (excludes halogenated alkanes) is 36. The lowest BCUT2D eigenvalue weighted by Crippen LogP contribution is -2.05. The van der Waals surface area contributed by atoms with E-state index < -0.39 is 0 Å². The molecule has 324 valence electrons. The molecule has 0 aliphatic heterocycles. The standard InChI is InChI=1S/2C25H50O2/c2*1-3-5-7-9-10-11-12-13-14-15-16-17-18-19-20-22-24-27-25(26)23-21-8-6-4-2/h2*3-24H2,1-2H3. The molecule has 0 atom stereocenters. The molecular formula is C50H100O4. The molecule has 4 heteroatoms. The first kappa shape index (κ1) is 55.0. The average Bonchev–Trinajstić information content (AvgIpc) is 3.18. The van der Waals surface area contributed by atoms with Gasteiger partial charge in [-0.3, -0.25) is 9.59 Å². The predicted octanol–water partition coefficient (Wildman–Crippen LogP) is 17.5. The molecule has 0 spiro atoms. The van der Waals surface area contributed by atoms with E-state index in [9.17, 15) is 9.59 Å². The van der Waals surface area contributed by atoms with Crippen LogP contribution in [0.2, 0.25) is 0 Å². The van der Waals surface area contributed by atoms with Crippen molar-refractivity contribution in [1.82, 2.24) is 0 Å². The number of rotatable bonds is 44. The molecule has 0 amide bonds. The van der Waals surface area contributed by atoms with Crippen LogP contribution in [0.5, 0.6) is 0 Å². The summed E-state index contributed by atoms with van der Waals surface area (Å²) in [4.78, 5) is 23.1. The molecule has 0 saturated carbocycles. The van der Waals surface area contributed by atoms with Crippen molar-refractivity contribution >= 4 is 11.9 Å². The van der Waals surface area contributed by atoms with Gasteiger partial charge in [-0.25, -0.2) is 0 Å². The van der Waals surface area contributed by atoms with Gasteiger partial charge in [-0.2, -0.15) is 0 Å². The highest BCUT2D eigenvalue weighted by Crippen LogP contribution is 2.16. The van der Waals surface area contributed by atoms with Crippen LogP contribution < -0.4 is 0 Å². The molecule has 54 heavy (non-hydrogen) atoms. The van der Waals surface area contributed by atoms with Gasteiger partial charge in [0.15, 0.2) is 0 Å². The zero-order valence-corrected chi connectivity index (χ0v) is 37.7. The van der Waals surface area contributed by atoms with Crippen LogP contribution in [0.3, 0.4) is 0 Å². The Bertz CT molecular complexity index is 634. The SMILES string of the molecule is CCCCCCCCCCCCCCCCCCOC(=O)CCCCCC.CCCCCCCCCCCCCCCCCCOC(=O)CCCCCC. The zero-order chi connectivity index (χ0) is 39.7. The summed E-state index contributed by atoms with van der Waals surface area (Å²) < 4.78 is 10.6. The van der Waals surface area contributed by atoms with E-state index in [1.165, 1.54) is 218 Å². The van der Waals surface area contributed by atoms with Crippen LogP contribution in [0, 0.1) is 0 Å². The minimum Gasteiger partial charge on any atom is -0.466 e. The van der Waals surface area contributed by atoms with Crippen LogP contribution in [0.4, 0.5) is 0 Å². The van der Waals surface area contributed by atoms with Gasteiger partial charge in [0.2, 0.25) is 0 Å². The smallest absolute Gasteiger partial charge is 0.305 e. The van der Waals surface area contributed by atoms with Crippen molar-refractivity contribution in [2.75, 3.05) is 13.2 Å². The largest absolute Gasteiger partial charge is 0.466 e. The van der Waals surface area contributed by atoms with Gasteiger partial charge in [0.05, 0.1) is 13.2 Å². The summed E-state index contributed by atoms with van der Waals surface area (Å²) >= 11 is 0. The summed E-state index contributed by atoms with van der Waals surface area (Å²) in [5.74, 6) is 0.0131. The lowest BCUT2D eigenvalue weighted by molar-refractivity contribution is -0.144. The van der Waals surface area contributed by atoms with Crippen LogP contribution in [0.15, 0.2) is 0 Å². The molecule has 0 rings (SSSR count). The Morgan fingerprint density at radius 2 is 0.407 bits per heavy atom. The van der Waals surface area contributed by atoms with Gasteiger partial charge in [0.1, 0.15) is 0 Å². The third-order valence-electron chi connectivity index (χ3n) is 11.0. The first-order valence-electron chi connectivity index (χ1n) is 24.9. The number of carbonyl (C=O) groups excluding carboxylic acids is 2. The van der Waals surface area contributed by atoms with Gasteiger partial charge in [0, 0.05) is 12.8 Å². The van der Waals surface area contributed by atoms with Gasteiger partial charge in [-0.05, 0) is 25.7 Å². The molecule has 0 N–H and O–H groups in total. The molecule has 4 nitrogen and oxygen atoms in total. The number of carbonyl (C=O) groups is 2. The maximum Gasteiger partial charge on any atom is 0.305 e. The highest BCUT2D eigenvalue weighted by atomic mass is 16.5. The lowest BCUT2D eigenvalue weighted by Gasteiger charge is -2.05. The summed E-state index contributed by atoms with van der Waals surface area (Å²) in [6.45, 7) is 10.2. The molecule has 0 bridgehead atoms. The van der Waals surface area contributed by atoms with Crippen LogP contribution >= 0.6 is 0 Å². The van der Waals surface area contributed by atoms with E-state index in [1.54, 1.807) is 0 Å². The van der Waals surface area contributed by atoms with Crippen LogP contribution in [0.25, 0.3) is 0 Å². The van der Waals surface area contributed by atoms with E-state index in [-0.39, 0.29) is 11.9 Å². The minimum atomic E-state index is 0.00654. The second kappa shape index (κ2) is 51.9. The third-order valence-corrected chi connectivity index (χ3v) is 11.0. The van der Waals surface area contributed by atoms with E-state index in [2.05, 4.69) is 27.7 Å². The molecule has 0 aromatic carbocycles. The molecule has 0 saturated heterocycles. The van der Waals surface area contributed by atoms with Gasteiger partial charge in [-0.1, -0.05) is 259 Å². The third kappa shape index (κ3) is 53.0. The quantitative estimate of drug-likeness (QED) is 0.0458. The average molecular weight is 765 g/mol. The highest BCUT2D eigenvalue weighted by molar-refractivity contribution is 5.69. The van der Waals surface area contributed by atoms with Gasteiger partial charge in [-0.15, -0.1) is 0 Å². The van der Waals surface area contributed by atoms with Crippen molar-refractivity contribution in [3.8, 4) is 0 Å². The number of hydrogen-bond acceptors (Lipinski definition) is 4. The monoisotopic (exact) mass is 765 g/mol. The Morgan fingerprint density at radius 1 is 0.241 bits per heavy atom. The normalized spacial score (nSPS) is 11.0. The van der Waals surface area contributed by atoms with Crippen molar-refractivity contribution in [1.29, 1.82) is 0 Å². The van der Waals surface area contributed by atoms with E-state index in [1.807, 2.05) is 0 Å². The van der Waals surface area contributed by atoms with Gasteiger partial charge >= 0.3 is 11.9 Å². The van der Waals surface area contributed by atoms with Crippen molar-refractivity contribution in [2.24, 2.45) is 0 Å². The molecular weight excluding hydrogens is 665 g/mol. The van der Waals surface area contributed by atoms with Crippen LogP contribution in [0.1, 0.15) is 297 Å². The molecule has 0 aromatic heterocycles. The zero-order valence-electron chi connectivity index (χ0n) is 37.7. The van der Waals surface area contributed by atoms with Crippen LogP contribution in [-0.4, -0.2) is 25.2 Å². The van der Waals surface area contributed by atoms with Gasteiger partial charge < -0.3 is 9.47 Å². The molecule has 0 heterocycles. The predicted molar refractivity (Wildman–Crippen MR) is 239 cm³/mol. The highest BCUT2D eigenvalue weighted by Gasteiger charge is 2.03. The molecule has 0 fully saturated rings. The molecule has 0 radical (unpaired) electrons. The summed E-state index contributed by atoms with van der Waals surface area (Å²) in [6.07, 6.45) is 54.4. The second-order valence-corrected chi connectivity index (χ2v) is 16.7. The fourth-order valence-corrected chi connectivity index (χ4v) is 7.21.